The molecule has 0 aromatic heterocycles. The van der Waals surface area contributed by atoms with Gasteiger partial charge >= 0.3 is 6.09 Å². The Morgan fingerprint density at radius 1 is 1.48 bits per heavy atom. The van der Waals surface area contributed by atoms with Crippen molar-refractivity contribution in [3.63, 3.8) is 0 Å². The monoisotopic (exact) mass is 335 g/mol. The van der Waals surface area contributed by atoms with Gasteiger partial charge in [0.15, 0.2) is 5.17 Å². The number of anilines is 1. The van der Waals surface area contributed by atoms with E-state index in [1.54, 1.807) is 18.7 Å². The third-order valence-corrected chi connectivity index (χ3v) is 4.11. The highest BCUT2D eigenvalue weighted by Crippen LogP contribution is 2.35. The van der Waals surface area contributed by atoms with Gasteiger partial charge in [0, 0.05) is 18.7 Å². The molecule has 1 heterocycles. The molecule has 124 valence electrons. The Bertz CT molecular complexity index is 645. The molecular formula is C16H21N3O3S. The Hall–Kier alpha value is -2.02. The van der Waals surface area contributed by atoms with Crippen LogP contribution in [-0.2, 0) is 16.0 Å². The maximum Gasteiger partial charge on any atom is 0.413 e. The number of thioether (sulfide) groups is 1. The minimum Gasteiger partial charge on any atom is -0.450 e. The standard InChI is InChI=1S/C16H21N3O3S/c1-5-22-16(21)18-15(23-4)17-13-7-6-12-8-10(2)19(11(3)20)14(12)9-13/h6-7,9-10H,5,8H2,1-4H3,(H,17,18,21). The smallest absolute Gasteiger partial charge is 0.413 e. The molecule has 0 saturated heterocycles. The molecular weight excluding hydrogens is 314 g/mol. The van der Waals surface area contributed by atoms with Gasteiger partial charge in [-0.25, -0.2) is 9.79 Å². The van der Waals surface area contributed by atoms with Crippen LogP contribution in [0.2, 0.25) is 0 Å². The first-order valence-electron chi connectivity index (χ1n) is 7.45. The quantitative estimate of drug-likeness (QED) is 0.666. The molecule has 1 N–H and O–H groups in total. The number of aliphatic imine (C=N–C) groups is 1. The number of benzene rings is 1. The first-order chi connectivity index (χ1) is 11.0. The molecule has 0 fully saturated rings. The highest BCUT2D eigenvalue weighted by Gasteiger charge is 2.28. The maximum absolute atomic E-state index is 11.8. The fourth-order valence-electron chi connectivity index (χ4n) is 2.64. The molecule has 6 nitrogen and oxygen atoms in total. The van der Waals surface area contributed by atoms with Gasteiger partial charge in [0.05, 0.1) is 12.3 Å². The van der Waals surface area contributed by atoms with Crippen LogP contribution in [0.1, 0.15) is 26.3 Å². The van der Waals surface area contributed by atoms with Crippen molar-refractivity contribution in [2.75, 3.05) is 17.8 Å². The molecule has 2 rings (SSSR count). The van der Waals surface area contributed by atoms with Gasteiger partial charge in [0.1, 0.15) is 0 Å². The number of amides is 2. The zero-order chi connectivity index (χ0) is 17.0. The lowest BCUT2D eigenvalue weighted by atomic mass is 10.1. The molecule has 0 spiro atoms. The number of carbonyl (C=O) groups is 2. The fraction of sp³-hybridized carbons (Fsp3) is 0.438. The predicted molar refractivity (Wildman–Crippen MR) is 93.5 cm³/mol. The van der Waals surface area contributed by atoms with E-state index in [2.05, 4.69) is 10.3 Å². The van der Waals surface area contributed by atoms with Crippen LogP contribution in [0.4, 0.5) is 16.2 Å². The van der Waals surface area contributed by atoms with Crippen LogP contribution in [0, 0.1) is 0 Å². The van der Waals surface area contributed by atoms with E-state index in [0.29, 0.717) is 17.5 Å². The summed E-state index contributed by atoms with van der Waals surface area (Å²) in [6, 6.07) is 5.90. The van der Waals surface area contributed by atoms with Gasteiger partial charge in [-0.15, -0.1) is 0 Å². The predicted octanol–water partition coefficient (Wildman–Crippen LogP) is 3.08. The van der Waals surface area contributed by atoms with Gasteiger partial charge in [0.2, 0.25) is 5.91 Å². The minimum atomic E-state index is -0.527. The molecule has 1 atom stereocenters. The molecule has 1 aromatic rings. The van der Waals surface area contributed by atoms with Crippen LogP contribution < -0.4 is 10.2 Å². The fourth-order valence-corrected chi connectivity index (χ4v) is 3.02. The summed E-state index contributed by atoms with van der Waals surface area (Å²) in [6.07, 6.45) is 2.14. The van der Waals surface area contributed by atoms with Gasteiger partial charge < -0.3 is 9.64 Å². The van der Waals surface area contributed by atoms with Crippen LogP contribution >= 0.6 is 11.8 Å². The van der Waals surface area contributed by atoms with E-state index in [1.807, 2.05) is 31.4 Å². The first kappa shape index (κ1) is 17.3. The number of hydrogen-bond donors (Lipinski definition) is 1. The Kier molecular flexibility index (Phi) is 5.65. The van der Waals surface area contributed by atoms with E-state index in [-0.39, 0.29) is 11.9 Å². The summed E-state index contributed by atoms with van der Waals surface area (Å²) in [7, 11) is 0. The lowest BCUT2D eigenvalue weighted by Crippen LogP contribution is -2.33. The second-order valence-corrected chi connectivity index (χ2v) is 6.02. The van der Waals surface area contributed by atoms with Gasteiger partial charge in [-0.2, -0.15) is 0 Å². The van der Waals surface area contributed by atoms with E-state index in [4.69, 9.17) is 4.74 Å². The number of nitrogens with zero attached hydrogens (tertiary/aromatic N) is 2. The third-order valence-electron chi connectivity index (χ3n) is 3.53. The average Bonchev–Trinajstić information content (AvgIpc) is 2.82. The van der Waals surface area contributed by atoms with Crippen molar-refractivity contribution in [3.05, 3.63) is 23.8 Å². The SMILES string of the molecule is CCOC(=O)NC(=Nc1ccc2c(c1)N(C(C)=O)C(C)C2)SC. The summed E-state index contributed by atoms with van der Waals surface area (Å²) in [5, 5.41) is 3.05. The largest absolute Gasteiger partial charge is 0.450 e. The molecule has 0 aliphatic carbocycles. The molecule has 2 amide bonds. The number of ether oxygens (including phenoxy) is 1. The maximum atomic E-state index is 11.8. The summed E-state index contributed by atoms with van der Waals surface area (Å²) < 4.78 is 4.85. The first-order valence-corrected chi connectivity index (χ1v) is 8.68. The summed E-state index contributed by atoms with van der Waals surface area (Å²) in [6.45, 7) is 5.64. The van der Waals surface area contributed by atoms with E-state index < -0.39 is 6.09 Å². The number of carbonyl (C=O) groups excluding carboxylic acids is 2. The number of nitrogens with one attached hydrogen (secondary N) is 1. The normalized spacial score (nSPS) is 17.0. The third kappa shape index (κ3) is 4.04. The molecule has 0 radical (unpaired) electrons. The van der Waals surface area contributed by atoms with E-state index >= 15 is 0 Å². The van der Waals surface area contributed by atoms with Crippen molar-refractivity contribution >= 4 is 40.3 Å². The Balaban J connectivity index is 2.26. The summed E-state index contributed by atoms with van der Waals surface area (Å²) >= 11 is 1.32. The van der Waals surface area contributed by atoms with Crippen molar-refractivity contribution in [1.82, 2.24) is 5.32 Å². The second-order valence-electron chi connectivity index (χ2n) is 5.22. The topological polar surface area (TPSA) is 71.0 Å². The zero-order valence-corrected chi connectivity index (χ0v) is 14.6. The van der Waals surface area contributed by atoms with Crippen LogP contribution in [0.15, 0.2) is 23.2 Å². The van der Waals surface area contributed by atoms with Gasteiger partial charge in [0.25, 0.3) is 0 Å². The molecule has 0 saturated carbocycles. The summed E-state index contributed by atoms with van der Waals surface area (Å²) in [5.74, 6) is 0.0205. The van der Waals surface area contributed by atoms with Crippen molar-refractivity contribution in [3.8, 4) is 0 Å². The molecule has 1 aromatic carbocycles. The number of fused-ring (bicyclic) bond motifs is 1. The molecule has 23 heavy (non-hydrogen) atoms. The second kappa shape index (κ2) is 7.50. The van der Waals surface area contributed by atoms with Gasteiger partial charge in [-0.3, -0.25) is 10.1 Å². The lowest BCUT2D eigenvalue weighted by molar-refractivity contribution is -0.116. The van der Waals surface area contributed by atoms with Gasteiger partial charge in [-0.1, -0.05) is 17.8 Å². The highest BCUT2D eigenvalue weighted by molar-refractivity contribution is 8.13. The van der Waals surface area contributed by atoms with Crippen molar-refractivity contribution in [1.29, 1.82) is 0 Å². The Morgan fingerprint density at radius 3 is 2.83 bits per heavy atom. The van der Waals surface area contributed by atoms with Gasteiger partial charge in [-0.05, 0) is 44.2 Å². The van der Waals surface area contributed by atoms with Crippen LogP contribution in [0.25, 0.3) is 0 Å². The van der Waals surface area contributed by atoms with E-state index in [9.17, 15) is 9.59 Å². The molecule has 1 aliphatic heterocycles. The minimum absolute atomic E-state index is 0.0205. The number of hydrogen-bond acceptors (Lipinski definition) is 5. The summed E-state index contributed by atoms with van der Waals surface area (Å²) in [5.41, 5.74) is 2.71. The van der Waals surface area contributed by atoms with E-state index in [1.165, 1.54) is 11.8 Å². The molecule has 1 unspecified atom stereocenters. The molecule has 0 bridgehead atoms. The lowest BCUT2D eigenvalue weighted by Gasteiger charge is -2.20. The van der Waals surface area contributed by atoms with Crippen molar-refractivity contribution in [2.24, 2.45) is 4.99 Å². The number of alkyl carbamates (subject to hydrolysis) is 1. The van der Waals surface area contributed by atoms with Crippen molar-refractivity contribution < 1.29 is 14.3 Å². The van der Waals surface area contributed by atoms with Crippen LogP contribution in [0.3, 0.4) is 0 Å². The Morgan fingerprint density at radius 2 is 2.22 bits per heavy atom. The highest BCUT2D eigenvalue weighted by atomic mass is 32.2. The molecule has 1 aliphatic rings. The Labute approximate surface area is 140 Å². The summed E-state index contributed by atoms with van der Waals surface area (Å²) in [4.78, 5) is 29.5. The van der Waals surface area contributed by atoms with Crippen molar-refractivity contribution in [2.45, 2.75) is 33.2 Å². The van der Waals surface area contributed by atoms with Crippen LogP contribution in [0.5, 0.6) is 0 Å². The average molecular weight is 335 g/mol. The number of rotatable bonds is 2. The molecule has 7 heteroatoms. The van der Waals surface area contributed by atoms with Crippen LogP contribution in [-0.4, -0.2) is 36.1 Å². The number of amidine groups is 1. The zero-order valence-electron chi connectivity index (χ0n) is 13.8. The van der Waals surface area contributed by atoms with E-state index in [0.717, 1.165) is 17.7 Å².